The van der Waals surface area contributed by atoms with E-state index in [0.29, 0.717) is 11.6 Å². The predicted molar refractivity (Wildman–Crippen MR) is 100 cm³/mol. The first-order valence-electron chi connectivity index (χ1n) is 8.07. The molecule has 0 atom stereocenters. The van der Waals surface area contributed by atoms with Gasteiger partial charge in [-0.2, -0.15) is 9.78 Å². The molecule has 25 heavy (non-hydrogen) atoms. The highest BCUT2D eigenvalue weighted by molar-refractivity contribution is 5.80. The van der Waals surface area contributed by atoms with Crippen LogP contribution < -0.4 is 0 Å². The fraction of sp³-hybridized carbons (Fsp3) is 0. The van der Waals surface area contributed by atoms with Gasteiger partial charge in [0.25, 0.3) is 0 Å². The highest BCUT2D eigenvalue weighted by Gasteiger charge is 2.14. The first-order chi connectivity index (χ1) is 12.4. The molecule has 0 aliphatic carbocycles. The number of hydrogen-bond donors (Lipinski definition) is 0. The Labute approximate surface area is 146 Å². The average molecular weight is 324 g/mol. The van der Waals surface area contributed by atoms with Crippen molar-refractivity contribution in [2.75, 3.05) is 0 Å². The van der Waals surface area contributed by atoms with Crippen LogP contribution >= 0.6 is 0 Å². The van der Waals surface area contributed by atoms with Crippen LogP contribution in [0.1, 0.15) is 5.56 Å². The molecular formula is C21H16N4. The number of hydrogen-bond acceptors (Lipinski definition) is 3. The largest absolute Gasteiger partial charge is 0.192 e. The van der Waals surface area contributed by atoms with E-state index >= 15 is 0 Å². The molecular weight excluding hydrogens is 308 g/mol. The number of aromatic nitrogens is 3. The third-order valence-corrected chi connectivity index (χ3v) is 3.83. The first-order valence-corrected chi connectivity index (χ1v) is 8.07. The minimum atomic E-state index is 0.714. The molecule has 0 radical (unpaired) electrons. The molecule has 0 unspecified atom stereocenters. The Morgan fingerprint density at radius 2 is 1.04 bits per heavy atom. The number of nitrogens with zero attached hydrogens (tertiary/aromatic N) is 4. The van der Waals surface area contributed by atoms with Gasteiger partial charge in [-0.05, 0) is 5.56 Å². The maximum Gasteiger partial charge on any atom is 0.185 e. The van der Waals surface area contributed by atoms with Gasteiger partial charge in [0.1, 0.15) is 0 Å². The van der Waals surface area contributed by atoms with Crippen molar-refractivity contribution in [1.82, 2.24) is 14.9 Å². The Kier molecular flexibility index (Phi) is 4.16. The van der Waals surface area contributed by atoms with Crippen molar-refractivity contribution in [2.45, 2.75) is 0 Å². The quantitative estimate of drug-likeness (QED) is 0.519. The monoisotopic (exact) mass is 324 g/mol. The average Bonchev–Trinajstić information content (AvgIpc) is 3.12. The molecule has 0 spiro atoms. The predicted octanol–water partition coefficient (Wildman–Crippen LogP) is 4.49. The maximum absolute atomic E-state index is 4.66. The smallest absolute Gasteiger partial charge is 0.185 e. The highest BCUT2D eigenvalue weighted by Crippen LogP contribution is 2.24. The van der Waals surface area contributed by atoms with Gasteiger partial charge in [0.05, 0.1) is 6.21 Å². The fourth-order valence-electron chi connectivity index (χ4n) is 2.59. The minimum Gasteiger partial charge on any atom is -0.192 e. The van der Waals surface area contributed by atoms with Gasteiger partial charge in [0.2, 0.25) is 0 Å². The summed E-state index contributed by atoms with van der Waals surface area (Å²) >= 11 is 0. The summed E-state index contributed by atoms with van der Waals surface area (Å²) in [6.07, 6.45) is 1.82. The van der Waals surface area contributed by atoms with Crippen molar-refractivity contribution in [3.63, 3.8) is 0 Å². The Bertz CT molecular complexity index is 917. The van der Waals surface area contributed by atoms with Crippen molar-refractivity contribution >= 4 is 6.21 Å². The molecule has 0 bridgehead atoms. The molecule has 0 aliphatic rings. The lowest BCUT2D eigenvalue weighted by Crippen LogP contribution is -1.97. The molecule has 4 aromatic rings. The fourth-order valence-corrected chi connectivity index (χ4v) is 2.59. The second kappa shape index (κ2) is 6.93. The van der Waals surface area contributed by atoms with Gasteiger partial charge in [-0.15, -0.1) is 10.2 Å². The van der Waals surface area contributed by atoms with E-state index in [1.54, 1.807) is 4.68 Å². The van der Waals surface area contributed by atoms with E-state index < -0.39 is 0 Å². The zero-order chi connectivity index (χ0) is 16.9. The standard InChI is InChI=1S/C21H16N4/c1-4-10-17(11-5-1)16-22-25-20(18-12-6-2-7-13-18)23-24-21(25)19-14-8-3-9-15-19/h1-16H/b22-16+. The second-order valence-corrected chi connectivity index (χ2v) is 5.55. The third kappa shape index (κ3) is 3.23. The van der Waals surface area contributed by atoms with Gasteiger partial charge in [-0.25, -0.2) is 0 Å². The van der Waals surface area contributed by atoms with Crippen LogP contribution in [0.25, 0.3) is 22.8 Å². The summed E-state index contributed by atoms with van der Waals surface area (Å²) in [7, 11) is 0. The van der Waals surface area contributed by atoms with Gasteiger partial charge in [-0.3, -0.25) is 0 Å². The number of benzene rings is 3. The van der Waals surface area contributed by atoms with Crippen LogP contribution in [0, 0.1) is 0 Å². The lowest BCUT2D eigenvalue weighted by atomic mass is 10.2. The van der Waals surface area contributed by atoms with Gasteiger partial charge < -0.3 is 0 Å². The lowest BCUT2D eigenvalue weighted by molar-refractivity contribution is 0.898. The van der Waals surface area contributed by atoms with Crippen molar-refractivity contribution in [1.29, 1.82) is 0 Å². The van der Waals surface area contributed by atoms with E-state index in [1.165, 1.54) is 0 Å². The third-order valence-electron chi connectivity index (χ3n) is 3.83. The summed E-state index contributed by atoms with van der Waals surface area (Å²) in [4.78, 5) is 0. The van der Waals surface area contributed by atoms with Crippen molar-refractivity contribution in [3.05, 3.63) is 96.6 Å². The van der Waals surface area contributed by atoms with Crippen LogP contribution in [0.5, 0.6) is 0 Å². The van der Waals surface area contributed by atoms with Crippen molar-refractivity contribution in [3.8, 4) is 22.8 Å². The van der Waals surface area contributed by atoms with Gasteiger partial charge in [0.15, 0.2) is 11.6 Å². The first kappa shape index (κ1) is 15.0. The van der Waals surface area contributed by atoms with Gasteiger partial charge in [0, 0.05) is 11.1 Å². The van der Waals surface area contributed by atoms with Crippen LogP contribution in [0.15, 0.2) is 96.1 Å². The molecule has 3 aromatic carbocycles. The van der Waals surface area contributed by atoms with Crippen LogP contribution in [0.4, 0.5) is 0 Å². The van der Waals surface area contributed by atoms with Crippen LogP contribution in [-0.2, 0) is 0 Å². The van der Waals surface area contributed by atoms with Crippen LogP contribution in [0.2, 0.25) is 0 Å². The molecule has 0 N–H and O–H groups in total. The van der Waals surface area contributed by atoms with E-state index in [9.17, 15) is 0 Å². The van der Waals surface area contributed by atoms with E-state index in [1.807, 2.05) is 97.2 Å². The van der Waals surface area contributed by atoms with E-state index in [2.05, 4.69) is 15.3 Å². The summed E-state index contributed by atoms with van der Waals surface area (Å²) in [5.74, 6) is 1.43. The molecule has 4 rings (SSSR count). The van der Waals surface area contributed by atoms with Gasteiger partial charge >= 0.3 is 0 Å². The molecule has 0 saturated heterocycles. The van der Waals surface area contributed by atoms with E-state index in [0.717, 1.165) is 16.7 Å². The molecule has 120 valence electrons. The zero-order valence-corrected chi connectivity index (χ0v) is 13.5. The molecule has 0 fully saturated rings. The Balaban J connectivity index is 1.84. The molecule has 1 aromatic heterocycles. The summed E-state index contributed by atoms with van der Waals surface area (Å²) < 4.78 is 1.79. The van der Waals surface area contributed by atoms with Crippen molar-refractivity contribution in [2.24, 2.45) is 5.10 Å². The second-order valence-electron chi connectivity index (χ2n) is 5.55. The van der Waals surface area contributed by atoms with Gasteiger partial charge in [-0.1, -0.05) is 91.0 Å². The Hall–Kier alpha value is -3.53. The maximum atomic E-state index is 4.66. The molecule has 4 heteroatoms. The minimum absolute atomic E-state index is 0.714. The Morgan fingerprint density at radius 1 is 0.600 bits per heavy atom. The van der Waals surface area contributed by atoms with E-state index in [-0.39, 0.29) is 0 Å². The summed E-state index contributed by atoms with van der Waals surface area (Å²) in [5.41, 5.74) is 2.97. The van der Waals surface area contributed by atoms with E-state index in [4.69, 9.17) is 0 Å². The summed E-state index contributed by atoms with van der Waals surface area (Å²) in [6, 6.07) is 29.9. The topological polar surface area (TPSA) is 43.1 Å². The molecule has 1 heterocycles. The summed E-state index contributed by atoms with van der Waals surface area (Å²) in [5, 5.41) is 13.4. The molecule has 0 saturated carbocycles. The normalized spacial score (nSPS) is 11.0. The van der Waals surface area contributed by atoms with Crippen molar-refractivity contribution < 1.29 is 0 Å². The zero-order valence-electron chi connectivity index (χ0n) is 13.5. The lowest BCUT2D eigenvalue weighted by Gasteiger charge is -2.05. The number of rotatable bonds is 4. The highest BCUT2D eigenvalue weighted by atomic mass is 15.5. The molecule has 4 nitrogen and oxygen atoms in total. The van der Waals surface area contributed by atoms with Crippen LogP contribution in [-0.4, -0.2) is 21.1 Å². The SMILES string of the molecule is C(=N\n1c(-c2ccccc2)nnc1-c1ccccc1)/c1ccccc1. The molecule has 0 amide bonds. The Morgan fingerprint density at radius 3 is 1.52 bits per heavy atom. The van der Waals surface area contributed by atoms with Crippen LogP contribution in [0.3, 0.4) is 0 Å². The summed E-state index contributed by atoms with van der Waals surface area (Å²) in [6.45, 7) is 0. The molecule has 0 aliphatic heterocycles.